The van der Waals surface area contributed by atoms with Crippen LogP contribution in [0.25, 0.3) is 11.3 Å². The molecular formula is C19H23ClN2O. The molecule has 1 aliphatic rings. The molecule has 23 heavy (non-hydrogen) atoms. The van der Waals surface area contributed by atoms with Crippen LogP contribution in [0.4, 0.5) is 5.69 Å². The minimum atomic E-state index is 0.270. The SMILES string of the molecule is CCCCc1[nH]c(-c2cc(N)ccc2Cl)c2c1C(=O)CCCC2. The number of carbonyl (C=O) groups excluding carboxylic acids is 1. The van der Waals surface area contributed by atoms with Crippen molar-refractivity contribution in [3.63, 3.8) is 0 Å². The van der Waals surface area contributed by atoms with E-state index in [4.69, 9.17) is 17.3 Å². The summed E-state index contributed by atoms with van der Waals surface area (Å²) in [6, 6.07) is 5.52. The van der Waals surface area contributed by atoms with Gasteiger partial charge in [0.25, 0.3) is 0 Å². The third kappa shape index (κ3) is 3.16. The van der Waals surface area contributed by atoms with Gasteiger partial charge in [0, 0.05) is 28.9 Å². The molecule has 0 saturated heterocycles. The van der Waals surface area contributed by atoms with Gasteiger partial charge in [0.2, 0.25) is 0 Å². The number of ketones is 1. The maximum Gasteiger partial charge on any atom is 0.164 e. The van der Waals surface area contributed by atoms with Gasteiger partial charge in [-0.25, -0.2) is 0 Å². The summed E-state index contributed by atoms with van der Waals surface area (Å²) in [5.41, 5.74) is 11.6. The predicted molar refractivity (Wildman–Crippen MR) is 96.1 cm³/mol. The average Bonchev–Trinajstić information content (AvgIpc) is 2.78. The third-order valence-corrected chi connectivity index (χ3v) is 4.91. The number of H-pyrrole nitrogens is 1. The lowest BCUT2D eigenvalue weighted by Gasteiger charge is -2.07. The summed E-state index contributed by atoms with van der Waals surface area (Å²) in [5.74, 6) is 0.270. The number of unbranched alkanes of at least 4 members (excludes halogenated alkanes) is 1. The highest BCUT2D eigenvalue weighted by molar-refractivity contribution is 6.33. The van der Waals surface area contributed by atoms with Crippen LogP contribution in [-0.2, 0) is 12.8 Å². The van der Waals surface area contributed by atoms with Crippen molar-refractivity contribution >= 4 is 23.1 Å². The molecule has 0 spiro atoms. The highest BCUT2D eigenvalue weighted by atomic mass is 35.5. The van der Waals surface area contributed by atoms with Gasteiger partial charge in [0.1, 0.15) is 0 Å². The van der Waals surface area contributed by atoms with E-state index in [0.717, 1.165) is 66.6 Å². The number of aromatic nitrogens is 1. The van der Waals surface area contributed by atoms with Crippen LogP contribution in [0, 0.1) is 0 Å². The van der Waals surface area contributed by atoms with Gasteiger partial charge in [0.05, 0.1) is 10.7 Å². The van der Waals surface area contributed by atoms with Crippen LogP contribution < -0.4 is 5.73 Å². The number of hydrogen-bond donors (Lipinski definition) is 2. The van der Waals surface area contributed by atoms with E-state index in [0.29, 0.717) is 17.1 Å². The molecule has 0 aliphatic heterocycles. The summed E-state index contributed by atoms with van der Waals surface area (Å²) in [7, 11) is 0. The Morgan fingerprint density at radius 3 is 2.83 bits per heavy atom. The highest BCUT2D eigenvalue weighted by Gasteiger charge is 2.26. The zero-order valence-corrected chi connectivity index (χ0v) is 14.3. The number of halogens is 1. The number of carbonyl (C=O) groups is 1. The molecule has 3 nitrogen and oxygen atoms in total. The van der Waals surface area contributed by atoms with Gasteiger partial charge >= 0.3 is 0 Å². The number of nitrogens with two attached hydrogens (primary N) is 1. The molecular weight excluding hydrogens is 308 g/mol. The van der Waals surface area contributed by atoms with E-state index in [1.807, 2.05) is 12.1 Å². The number of nitrogen functional groups attached to an aromatic ring is 1. The van der Waals surface area contributed by atoms with Crippen molar-refractivity contribution < 1.29 is 4.79 Å². The Morgan fingerprint density at radius 2 is 2.04 bits per heavy atom. The van der Waals surface area contributed by atoms with Crippen LogP contribution in [-0.4, -0.2) is 10.8 Å². The number of aryl methyl sites for hydroxylation is 1. The van der Waals surface area contributed by atoms with E-state index < -0.39 is 0 Å². The Morgan fingerprint density at radius 1 is 1.26 bits per heavy atom. The van der Waals surface area contributed by atoms with Gasteiger partial charge < -0.3 is 10.7 Å². The van der Waals surface area contributed by atoms with Crippen molar-refractivity contribution in [1.29, 1.82) is 0 Å². The Labute approximate surface area is 142 Å². The quantitative estimate of drug-likeness (QED) is 0.600. The lowest BCUT2D eigenvalue weighted by molar-refractivity contribution is 0.0981. The van der Waals surface area contributed by atoms with Crippen LogP contribution in [0.2, 0.25) is 5.02 Å². The van der Waals surface area contributed by atoms with Crippen LogP contribution in [0.15, 0.2) is 18.2 Å². The van der Waals surface area contributed by atoms with Crippen molar-refractivity contribution in [2.45, 2.75) is 51.9 Å². The zero-order chi connectivity index (χ0) is 16.4. The summed E-state index contributed by atoms with van der Waals surface area (Å²) in [6.07, 6.45) is 6.66. The van der Waals surface area contributed by atoms with Crippen molar-refractivity contribution in [3.8, 4) is 11.3 Å². The molecule has 0 saturated carbocycles. The number of rotatable bonds is 4. The molecule has 0 unspecified atom stereocenters. The molecule has 3 N–H and O–H groups in total. The second kappa shape index (κ2) is 6.79. The standard InChI is InChI=1S/C19H23ClN2O/c1-2-3-7-16-18-13(6-4-5-8-17(18)23)19(22-16)14-11-12(21)9-10-15(14)20/h9-11,22H,2-8,21H2,1H3. The molecule has 1 aliphatic carbocycles. The van der Waals surface area contributed by atoms with Crippen LogP contribution in [0.5, 0.6) is 0 Å². The Kier molecular flexibility index (Phi) is 4.76. The Hall–Kier alpha value is -1.74. The molecule has 0 amide bonds. The molecule has 4 heteroatoms. The molecule has 0 fully saturated rings. The van der Waals surface area contributed by atoms with Gasteiger partial charge in [-0.1, -0.05) is 24.9 Å². The molecule has 3 rings (SSSR count). The van der Waals surface area contributed by atoms with Crippen molar-refractivity contribution in [2.24, 2.45) is 0 Å². The average molecular weight is 331 g/mol. The molecule has 1 heterocycles. The highest BCUT2D eigenvalue weighted by Crippen LogP contribution is 2.37. The second-order valence-electron chi connectivity index (χ2n) is 6.31. The van der Waals surface area contributed by atoms with Gasteiger partial charge in [-0.2, -0.15) is 0 Å². The molecule has 0 atom stereocenters. The molecule has 122 valence electrons. The third-order valence-electron chi connectivity index (χ3n) is 4.58. The monoisotopic (exact) mass is 330 g/mol. The summed E-state index contributed by atoms with van der Waals surface area (Å²) in [4.78, 5) is 16.1. The van der Waals surface area contributed by atoms with E-state index >= 15 is 0 Å². The second-order valence-corrected chi connectivity index (χ2v) is 6.71. The van der Waals surface area contributed by atoms with E-state index in [1.54, 1.807) is 6.07 Å². The lowest BCUT2D eigenvalue weighted by Crippen LogP contribution is -2.02. The van der Waals surface area contributed by atoms with Crippen LogP contribution in [0.1, 0.15) is 60.6 Å². The number of anilines is 1. The first-order valence-corrected chi connectivity index (χ1v) is 8.82. The summed E-state index contributed by atoms with van der Waals surface area (Å²) < 4.78 is 0. The summed E-state index contributed by atoms with van der Waals surface area (Å²) in [6.45, 7) is 2.17. The Balaban J connectivity index is 2.17. The molecule has 1 aromatic carbocycles. The van der Waals surface area contributed by atoms with Gasteiger partial charge in [0.15, 0.2) is 5.78 Å². The minimum absolute atomic E-state index is 0.270. The number of hydrogen-bond acceptors (Lipinski definition) is 2. The van der Waals surface area contributed by atoms with E-state index in [1.165, 1.54) is 0 Å². The van der Waals surface area contributed by atoms with E-state index in [2.05, 4.69) is 11.9 Å². The topological polar surface area (TPSA) is 58.9 Å². The number of nitrogens with one attached hydrogen (secondary N) is 1. The van der Waals surface area contributed by atoms with Crippen molar-refractivity contribution in [1.82, 2.24) is 4.98 Å². The van der Waals surface area contributed by atoms with Crippen LogP contribution in [0.3, 0.4) is 0 Å². The normalized spacial score (nSPS) is 14.6. The summed E-state index contributed by atoms with van der Waals surface area (Å²) >= 11 is 6.40. The van der Waals surface area contributed by atoms with E-state index in [9.17, 15) is 4.79 Å². The molecule has 1 aromatic heterocycles. The van der Waals surface area contributed by atoms with E-state index in [-0.39, 0.29) is 5.78 Å². The van der Waals surface area contributed by atoms with Gasteiger partial charge in [-0.15, -0.1) is 0 Å². The number of fused-ring (bicyclic) bond motifs is 1. The smallest absolute Gasteiger partial charge is 0.164 e. The summed E-state index contributed by atoms with van der Waals surface area (Å²) in [5, 5.41) is 0.669. The lowest BCUT2D eigenvalue weighted by atomic mass is 9.98. The van der Waals surface area contributed by atoms with Gasteiger partial charge in [-0.05, 0) is 55.9 Å². The predicted octanol–water partition coefficient (Wildman–Crippen LogP) is 5.17. The van der Waals surface area contributed by atoms with Crippen molar-refractivity contribution in [3.05, 3.63) is 40.0 Å². The number of Topliss-reactive ketones (excluding diaryl/α,β-unsaturated/α-hetero) is 1. The van der Waals surface area contributed by atoms with Crippen LogP contribution >= 0.6 is 11.6 Å². The zero-order valence-electron chi connectivity index (χ0n) is 13.5. The minimum Gasteiger partial charge on any atom is -0.399 e. The largest absolute Gasteiger partial charge is 0.399 e. The molecule has 0 bridgehead atoms. The van der Waals surface area contributed by atoms with Crippen molar-refractivity contribution in [2.75, 3.05) is 5.73 Å². The number of aromatic amines is 1. The molecule has 0 radical (unpaired) electrons. The number of benzene rings is 1. The fraction of sp³-hybridized carbons (Fsp3) is 0.421. The fourth-order valence-electron chi connectivity index (χ4n) is 3.40. The fourth-order valence-corrected chi connectivity index (χ4v) is 3.61. The maximum absolute atomic E-state index is 12.6. The first-order valence-electron chi connectivity index (χ1n) is 8.44. The van der Waals surface area contributed by atoms with Gasteiger partial charge in [-0.3, -0.25) is 4.79 Å². The first kappa shape index (κ1) is 16.1. The Bertz CT molecular complexity index is 733. The first-order chi connectivity index (χ1) is 11.1. The maximum atomic E-state index is 12.6. The molecule has 2 aromatic rings.